The molecule has 2 heterocycles. The highest BCUT2D eigenvalue weighted by molar-refractivity contribution is 6.29. The van der Waals surface area contributed by atoms with E-state index >= 15 is 0 Å². The molecule has 1 aliphatic rings. The Bertz CT molecular complexity index is 708. The van der Waals surface area contributed by atoms with Crippen molar-refractivity contribution in [1.82, 2.24) is 9.97 Å². The lowest BCUT2D eigenvalue weighted by Gasteiger charge is -2.28. The van der Waals surface area contributed by atoms with Gasteiger partial charge in [-0.2, -0.15) is 0 Å². The summed E-state index contributed by atoms with van der Waals surface area (Å²) in [5, 5.41) is 0.262. The zero-order valence-corrected chi connectivity index (χ0v) is 16.9. The van der Waals surface area contributed by atoms with Crippen molar-refractivity contribution in [2.24, 2.45) is 0 Å². The van der Waals surface area contributed by atoms with Crippen LogP contribution in [0, 0.1) is 0 Å². The molecule has 0 radical (unpaired) electrons. The topological polar surface area (TPSA) is 75.3 Å². The minimum atomic E-state index is -0.318. The Labute approximate surface area is 165 Å². The zero-order valence-electron chi connectivity index (χ0n) is 16.2. The lowest BCUT2D eigenvalue weighted by molar-refractivity contribution is -0.138. The molecule has 2 aromatic rings. The van der Waals surface area contributed by atoms with Crippen LogP contribution in [0.5, 0.6) is 0 Å². The quantitative estimate of drug-likeness (QED) is 0.778. The number of aromatic nitrogens is 2. The zero-order chi connectivity index (χ0) is 20.1. The third-order valence-electron chi connectivity index (χ3n) is 3.50. The van der Waals surface area contributed by atoms with E-state index in [9.17, 15) is 9.59 Å². The van der Waals surface area contributed by atoms with Crippen molar-refractivity contribution in [3.63, 3.8) is 0 Å². The monoisotopic (exact) mass is 393 g/mol. The van der Waals surface area contributed by atoms with Crippen LogP contribution in [0.3, 0.4) is 0 Å². The van der Waals surface area contributed by atoms with Crippen LogP contribution in [-0.2, 0) is 9.53 Å². The molecule has 1 N–H and O–H groups in total. The van der Waals surface area contributed by atoms with Crippen molar-refractivity contribution in [2.45, 2.75) is 45.6 Å². The molecule has 0 spiro atoms. The predicted octanol–water partition coefficient (Wildman–Crippen LogP) is 4.06. The Morgan fingerprint density at radius 2 is 1.74 bits per heavy atom. The number of ether oxygens (including phenoxy) is 1. The molecule has 27 heavy (non-hydrogen) atoms. The number of para-hydroxylation sites is 1. The molecule has 1 saturated heterocycles. The van der Waals surface area contributed by atoms with Gasteiger partial charge in [0.2, 0.25) is 0 Å². The number of rotatable bonds is 2. The normalized spacial score (nSPS) is 13.4. The number of piperidine rings is 1. The highest BCUT2D eigenvalue weighted by Gasteiger charge is 2.09. The third kappa shape index (κ3) is 11.1. The summed E-state index contributed by atoms with van der Waals surface area (Å²) in [6.45, 7) is 8.40. The van der Waals surface area contributed by atoms with Gasteiger partial charge in [-0.25, -0.2) is 0 Å². The van der Waals surface area contributed by atoms with Crippen molar-refractivity contribution in [2.75, 3.05) is 18.0 Å². The van der Waals surface area contributed by atoms with Crippen LogP contribution in [0.2, 0.25) is 5.15 Å². The van der Waals surface area contributed by atoms with Gasteiger partial charge in [0.15, 0.2) is 0 Å². The van der Waals surface area contributed by atoms with Gasteiger partial charge in [0.25, 0.3) is 12.0 Å². The predicted molar refractivity (Wildman–Crippen MR) is 109 cm³/mol. The first-order valence-corrected chi connectivity index (χ1v) is 9.31. The molecule has 6 nitrogen and oxygen atoms in total. The molecule has 0 unspecified atom stereocenters. The highest BCUT2D eigenvalue weighted by atomic mass is 35.5. The van der Waals surface area contributed by atoms with Crippen LogP contribution < -0.4 is 10.5 Å². The number of nitrogens with one attached hydrogen (secondary N) is 1. The summed E-state index contributed by atoms with van der Waals surface area (Å²) in [5.74, 6) is 0. The van der Waals surface area contributed by atoms with Crippen molar-refractivity contribution >= 4 is 23.8 Å². The molecular formula is C20H28ClN3O3. The lowest BCUT2D eigenvalue weighted by Crippen LogP contribution is -2.29. The van der Waals surface area contributed by atoms with Gasteiger partial charge in [-0.1, -0.05) is 29.8 Å². The van der Waals surface area contributed by atoms with Crippen LogP contribution >= 0.6 is 11.6 Å². The summed E-state index contributed by atoms with van der Waals surface area (Å²) in [7, 11) is 0. The summed E-state index contributed by atoms with van der Waals surface area (Å²) in [6, 6.07) is 10.7. The molecule has 1 aliphatic heterocycles. The van der Waals surface area contributed by atoms with Crippen LogP contribution in [0.15, 0.2) is 47.5 Å². The van der Waals surface area contributed by atoms with Crippen molar-refractivity contribution in [3.8, 4) is 0 Å². The minimum Gasteiger partial charge on any atom is -0.462 e. The first-order chi connectivity index (χ1) is 12.8. The average molecular weight is 394 g/mol. The second-order valence-corrected chi connectivity index (χ2v) is 7.36. The minimum absolute atomic E-state index is 0.262. The SMILES string of the molecule is CC(C)(C)OC=O.O=c1cncc(Cl)[nH]1.c1ccc(N2CCCCC2)cc1. The molecule has 0 saturated carbocycles. The highest BCUT2D eigenvalue weighted by Crippen LogP contribution is 2.18. The van der Waals surface area contributed by atoms with Crippen LogP contribution in [0.25, 0.3) is 0 Å². The molecule has 0 atom stereocenters. The summed E-state index contributed by atoms with van der Waals surface area (Å²) in [4.78, 5) is 28.2. The van der Waals surface area contributed by atoms with Crippen molar-refractivity contribution in [3.05, 3.63) is 58.2 Å². The standard InChI is InChI=1S/C11H15N.C5H10O2.C4H3ClN2O/c1-3-7-11(8-4-1)12-9-5-2-6-10-12;1-5(2,3)7-4-6;5-3-1-6-2-4(8)7-3/h1,3-4,7-8H,2,5-6,9-10H2;4H,1-3H3;1-2H,(H,7,8). The Morgan fingerprint density at radius 3 is 2.15 bits per heavy atom. The maximum atomic E-state index is 10.3. The average Bonchev–Trinajstić information content (AvgIpc) is 2.63. The number of anilines is 1. The molecule has 1 aromatic carbocycles. The second-order valence-electron chi connectivity index (χ2n) is 6.95. The Hall–Kier alpha value is -2.34. The van der Waals surface area contributed by atoms with Crippen molar-refractivity contribution < 1.29 is 9.53 Å². The number of hydrogen-bond donors (Lipinski definition) is 1. The first kappa shape index (κ1) is 22.7. The number of H-pyrrole nitrogens is 1. The number of aromatic amines is 1. The number of carbonyl (C=O) groups excluding carboxylic acids is 1. The molecule has 7 heteroatoms. The summed E-state index contributed by atoms with van der Waals surface area (Å²) >= 11 is 5.33. The summed E-state index contributed by atoms with van der Waals surface area (Å²) in [6.07, 6.45) is 6.64. The Balaban J connectivity index is 0.000000214. The molecule has 0 bridgehead atoms. The second kappa shape index (κ2) is 12.1. The number of carbonyl (C=O) groups is 1. The summed E-state index contributed by atoms with van der Waals surface area (Å²) in [5.41, 5.74) is 0.788. The summed E-state index contributed by atoms with van der Waals surface area (Å²) < 4.78 is 4.55. The fourth-order valence-corrected chi connectivity index (χ4v) is 2.44. The number of hydrogen-bond acceptors (Lipinski definition) is 5. The molecule has 3 rings (SSSR count). The van der Waals surface area contributed by atoms with Gasteiger partial charge >= 0.3 is 0 Å². The smallest absolute Gasteiger partial charge is 0.293 e. The molecule has 1 fully saturated rings. The van der Waals surface area contributed by atoms with E-state index in [0.717, 1.165) is 6.20 Å². The first-order valence-electron chi connectivity index (χ1n) is 8.93. The molecule has 0 amide bonds. The fraction of sp³-hybridized carbons (Fsp3) is 0.450. The maximum absolute atomic E-state index is 10.3. The lowest BCUT2D eigenvalue weighted by atomic mass is 10.1. The number of benzene rings is 1. The molecule has 148 valence electrons. The van der Waals surface area contributed by atoms with E-state index in [4.69, 9.17) is 11.6 Å². The fourth-order valence-electron chi connectivity index (χ4n) is 2.29. The van der Waals surface area contributed by atoms with Crippen LogP contribution in [-0.4, -0.2) is 35.1 Å². The largest absolute Gasteiger partial charge is 0.462 e. The van der Waals surface area contributed by atoms with E-state index in [2.05, 4.69) is 49.9 Å². The van der Waals surface area contributed by atoms with Gasteiger partial charge in [0.05, 0.1) is 12.4 Å². The molecule has 0 aliphatic carbocycles. The van der Waals surface area contributed by atoms with Gasteiger partial charge in [-0.3, -0.25) is 14.6 Å². The van der Waals surface area contributed by atoms with Crippen LogP contribution in [0.1, 0.15) is 40.0 Å². The Kier molecular flexibility index (Phi) is 10.2. The van der Waals surface area contributed by atoms with Crippen molar-refractivity contribution in [1.29, 1.82) is 0 Å². The Morgan fingerprint density at radius 1 is 1.11 bits per heavy atom. The number of nitrogens with zero attached hydrogens (tertiary/aromatic N) is 2. The number of halogens is 1. The molecule has 1 aromatic heterocycles. The van der Waals surface area contributed by atoms with E-state index in [1.165, 1.54) is 44.2 Å². The van der Waals surface area contributed by atoms with Gasteiger partial charge in [0, 0.05) is 18.8 Å². The van der Waals surface area contributed by atoms with E-state index in [0.29, 0.717) is 6.47 Å². The van der Waals surface area contributed by atoms with Gasteiger partial charge < -0.3 is 14.6 Å². The molecular weight excluding hydrogens is 366 g/mol. The van der Waals surface area contributed by atoms with Gasteiger partial charge in [-0.05, 0) is 52.2 Å². The van der Waals surface area contributed by atoms with E-state index in [1.807, 2.05) is 20.8 Å². The van der Waals surface area contributed by atoms with E-state index < -0.39 is 0 Å². The van der Waals surface area contributed by atoms with E-state index in [-0.39, 0.29) is 16.3 Å². The van der Waals surface area contributed by atoms with Crippen LogP contribution in [0.4, 0.5) is 5.69 Å². The van der Waals surface area contributed by atoms with Gasteiger partial charge in [-0.15, -0.1) is 0 Å². The maximum Gasteiger partial charge on any atom is 0.293 e. The van der Waals surface area contributed by atoms with E-state index in [1.54, 1.807) is 0 Å². The van der Waals surface area contributed by atoms with Gasteiger partial charge in [0.1, 0.15) is 10.8 Å². The third-order valence-corrected chi connectivity index (χ3v) is 3.69.